The number of rotatable bonds is 5. The van der Waals surface area contributed by atoms with Crippen molar-refractivity contribution in [3.8, 4) is 0 Å². The van der Waals surface area contributed by atoms with Gasteiger partial charge in [-0.2, -0.15) is 0 Å². The number of nitrogens with two attached hydrogens (primary N) is 1. The van der Waals surface area contributed by atoms with Crippen LogP contribution in [-0.4, -0.2) is 47.2 Å². The van der Waals surface area contributed by atoms with Gasteiger partial charge in [0.15, 0.2) is 0 Å². The minimum Gasteiger partial charge on any atom is -0.353 e. The molecule has 1 aromatic rings. The first-order chi connectivity index (χ1) is 12.1. The molecule has 0 saturated carbocycles. The average molecular weight is 395 g/mol. The van der Waals surface area contributed by atoms with Crippen molar-refractivity contribution in [2.75, 3.05) is 31.1 Å². The summed E-state index contributed by atoms with van der Waals surface area (Å²) in [7, 11) is 0. The predicted molar refractivity (Wildman–Crippen MR) is 106 cm³/mol. The predicted octanol–water partition coefficient (Wildman–Crippen LogP) is 1.72. The van der Waals surface area contributed by atoms with Gasteiger partial charge in [0.1, 0.15) is 20.8 Å². The molecule has 0 atom stereocenters. The van der Waals surface area contributed by atoms with E-state index in [0.717, 1.165) is 22.2 Å². The smallest absolute Gasteiger partial charge is 0.269 e. The zero-order valence-corrected chi connectivity index (χ0v) is 16.1. The van der Waals surface area contributed by atoms with Crippen molar-refractivity contribution < 1.29 is 9.59 Å². The van der Waals surface area contributed by atoms with Crippen molar-refractivity contribution in [1.29, 1.82) is 0 Å². The molecule has 6 nitrogen and oxygen atoms in total. The summed E-state index contributed by atoms with van der Waals surface area (Å²) in [4.78, 5) is 29.9. The summed E-state index contributed by atoms with van der Waals surface area (Å²) in [6.07, 6.45) is 0. The van der Waals surface area contributed by atoms with Crippen molar-refractivity contribution in [3.05, 3.63) is 34.2 Å². The van der Waals surface area contributed by atoms with Crippen molar-refractivity contribution >= 4 is 57.6 Å². The molecular formula is C16H18N4O2S3. The third-order valence-corrected chi connectivity index (χ3v) is 6.49. The molecule has 2 aliphatic heterocycles. The van der Waals surface area contributed by atoms with Crippen molar-refractivity contribution in [1.82, 2.24) is 10.2 Å². The summed E-state index contributed by atoms with van der Waals surface area (Å²) >= 11 is 8.15. The van der Waals surface area contributed by atoms with Crippen LogP contribution in [0.5, 0.6) is 0 Å². The third-order valence-electron chi connectivity index (χ3n) is 3.74. The lowest BCUT2D eigenvalue weighted by molar-refractivity contribution is -0.128. The molecule has 3 rings (SSSR count). The molecule has 0 aliphatic carbocycles. The van der Waals surface area contributed by atoms with E-state index in [4.69, 9.17) is 18.0 Å². The maximum atomic E-state index is 12.8. The van der Waals surface area contributed by atoms with Gasteiger partial charge in [0.05, 0.1) is 5.69 Å². The topological polar surface area (TPSA) is 78.7 Å². The van der Waals surface area contributed by atoms with Crippen LogP contribution in [0, 0.1) is 0 Å². The zero-order valence-electron chi connectivity index (χ0n) is 13.7. The number of carbonyl (C=O) groups is 2. The van der Waals surface area contributed by atoms with Gasteiger partial charge in [-0.15, -0.1) is 0 Å². The van der Waals surface area contributed by atoms with E-state index in [1.54, 1.807) is 11.8 Å². The monoisotopic (exact) mass is 394 g/mol. The first-order valence-corrected chi connectivity index (χ1v) is 9.90. The normalized spacial score (nSPS) is 19.6. The van der Waals surface area contributed by atoms with Gasteiger partial charge in [-0.05, 0) is 19.1 Å². The fraction of sp³-hybridized carbons (Fsp3) is 0.312. The Morgan fingerprint density at radius 3 is 2.76 bits per heavy atom. The molecule has 0 unspecified atom stereocenters. The van der Waals surface area contributed by atoms with Gasteiger partial charge in [-0.1, -0.05) is 47.9 Å². The number of nitrogens with zero attached hydrogens (tertiary/aromatic N) is 2. The van der Waals surface area contributed by atoms with Crippen LogP contribution < -0.4 is 16.0 Å². The van der Waals surface area contributed by atoms with Gasteiger partial charge in [0.2, 0.25) is 5.91 Å². The summed E-state index contributed by atoms with van der Waals surface area (Å²) in [6, 6.07) is 8.05. The second-order valence-electron chi connectivity index (χ2n) is 5.35. The number of thiocarbonyl (C=S) groups is 1. The molecule has 1 saturated heterocycles. The molecule has 2 heterocycles. The minimum atomic E-state index is -0.261. The molecule has 2 aliphatic rings. The first kappa shape index (κ1) is 18.2. The number of hydrogen-bond acceptors (Lipinski definition) is 7. The lowest BCUT2D eigenvalue weighted by atomic mass is 10.3. The molecular weight excluding hydrogens is 376 g/mol. The minimum absolute atomic E-state index is 0.0782. The van der Waals surface area contributed by atoms with Gasteiger partial charge in [-0.25, -0.2) is 0 Å². The lowest BCUT2D eigenvalue weighted by Crippen LogP contribution is -2.41. The number of carbonyl (C=O) groups excluding carboxylic acids is 2. The first-order valence-electron chi connectivity index (χ1n) is 7.86. The highest BCUT2D eigenvalue weighted by Gasteiger charge is 2.39. The number of benzene rings is 1. The standard InChI is InChI=1S/C16H18N4O2S3/c1-2-19-10-5-3-4-6-11(10)24-15(19)13-14(22)20(16(23)25-13)9-12(21)18-8-7-17/h3-6H,2,7-9,17H2,1H3,(H,18,21). The Balaban J connectivity index is 1.84. The maximum absolute atomic E-state index is 12.8. The van der Waals surface area contributed by atoms with Gasteiger partial charge in [-0.3, -0.25) is 14.5 Å². The van der Waals surface area contributed by atoms with Gasteiger partial charge >= 0.3 is 0 Å². The molecule has 3 N–H and O–H groups in total. The zero-order chi connectivity index (χ0) is 18.0. The Hall–Kier alpha value is -1.55. The van der Waals surface area contributed by atoms with E-state index in [1.165, 1.54) is 16.7 Å². The van der Waals surface area contributed by atoms with E-state index in [9.17, 15) is 9.59 Å². The summed E-state index contributed by atoms with van der Waals surface area (Å²) in [5, 5.41) is 3.54. The van der Waals surface area contributed by atoms with E-state index in [2.05, 4.69) is 10.2 Å². The average Bonchev–Trinajstić information content (AvgIpc) is 3.11. The maximum Gasteiger partial charge on any atom is 0.269 e. The van der Waals surface area contributed by atoms with Crippen LogP contribution in [0.1, 0.15) is 6.92 Å². The number of hydrogen-bond donors (Lipinski definition) is 2. The van der Waals surface area contributed by atoms with E-state index in [0.29, 0.717) is 22.3 Å². The molecule has 0 spiro atoms. The highest BCUT2D eigenvalue weighted by atomic mass is 32.2. The number of fused-ring (bicyclic) bond motifs is 1. The largest absolute Gasteiger partial charge is 0.353 e. The quantitative estimate of drug-likeness (QED) is 0.581. The molecule has 1 aromatic carbocycles. The number of nitrogens with one attached hydrogen (secondary N) is 1. The summed E-state index contributed by atoms with van der Waals surface area (Å²) in [6.45, 7) is 3.45. The third kappa shape index (κ3) is 3.55. The second kappa shape index (κ2) is 7.77. The Kier molecular flexibility index (Phi) is 5.67. The van der Waals surface area contributed by atoms with E-state index in [1.807, 2.05) is 31.2 Å². The van der Waals surface area contributed by atoms with Crippen LogP contribution >= 0.6 is 35.7 Å². The SMILES string of the molecule is CCN1C(=C2SC(=S)N(CC(=O)NCCN)C2=O)Sc2ccccc21. The molecule has 0 aromatic heterocycles. The Morgan fingerprint density at radius 2 is 2.04 bits per heavy atom. The Morgan fingerprint density at radius 1 is 1.28 bits per heavy atom. The van der Waals surface area contributed by atoms with Gasteiger partial charge in [0.25, 0.3) is 5.91 Å². The van der Waals surface area contributed by atoms with Crippen LogP contribution in [0.25, 0.3) is 0 Å². The molecule has 1 fully saturated rings. The van der Waals surface area contributed by atoms with Gasteiger partial charge < -0.3 is 16.0 Å². The highest BCUT2D eigenvalue weighted by molar-refractivity contribution is 8.27. The lowest BCUT2D eigenvalue weighted by Gasteiger charge is -2.19. The van der Waals surface area contributed by atoms with Crippen LogP contribution in [0.2, 0.25) is 0 Å². The van der Waals surface area contributed by atoms with Crippen LogP contribution in [-0.2, 0) is 9.59 Å². The summed E-state index contributed by atoms with van der Waals surface area (Å²) in [5.41, 5.74) is 6.47. The van der Waals surface area contributed by atoms with E-state index < -0.39 is 0 Å². The number of para-hydroxylation sites is 1. The number of amides is 2. The fourth-order valence-corrected chi connectivity index (χ4v) is 5.22. The summed E-state index contributed by atoms with van der Waals surface area (Å²) < 4.78 is 0.406. The second-order valence-corrected chi connectivity index (χ2v) is 8.02. The van der Waals surface area contributed by atoms with Crippen molar-refractivity contribution in [3.63, 3.8) is 0 Å². The Bertz CT molecular complexity index is 766. The summed E-state index contributed by atoms with van der Waals surface area (Å²) in [5.74, 6) is -0.477. The molecule has 9 heteroatoms. The van der Waals surface area contributed by atoms with Crippen LogP contribution in [0.4, 0.5) is 5.69 Å². The fourth-order valence-electron chi connectivity index (χ4n) is 2.59. The molecule has 25 heavy (non-hydrogen) atoms. The van der Waals surface area contributed by atoms with Crippen LogP contribution in [0.15, 0.2) is 39.1 Å². The molecule has 2 amide bonds. The van der Waals surface area contributed by atoms with Crippen molar-refractivity contribution in [2.45, 2.75) is 11.8 Å². The van der Waals surface area contributed by atoms with Crippen molar-refractivity contribution in [2.24, 2.45) is 5.73 Å². The van der Waals surface area contributed by atoms with Crippen LogP contribution in [0.3, 0.4) is 0 Å². The molecule has 0 radical (unpaired) electrons. The number of anilines is 1. The Labute approximate surface area is 160 Å². The highest BCUT2D eigenvalue weighted by Crippen LogP contribution is 2.50. The van der Waals surface area contributed by atoms with Gasteiger partial charge in [0, 0.05) is 24.5 Å². The number of thioether (sulfide) groups is 2. The van der Waals surface area contributed by atoms with E-state index >= 15 is 0 Å². The molecule has 132 valence electrons. The molecule has 0 bridgehead atoms. The van der Waals surface area contributed by atoms with E-state index in [-0.39, 0.29) is 18.4 Å².